The van der Waals surface area contributed by atoms with Crippen LogP contribution >= 0.6 is 0 Å². The first-order chi connectivity index (χ1) is 16.6. The van der Waals surface area contributed by atoms with E-state index in [9.17, 15) is 8.78 Å². The number of hydrogen-bond acceptors (Lipinski definition) is 1. The van der Waals surface area contributed by atoms with E-state index >= 15 is 0 Å². The minimum absolute atomic E-state index is 0.305. The normalized spacial score (nSPS) is 24.5. The summed E-state index contributed by atoms with van der Waals surface area (Å²) in [7, 11) is 0. The van der Waals surface area contributed by atoms with Gasteiger partial charge in [0, 0.05) is 6.61 Å². The van der Waals surface area contributed by atoms with Crippen LogP contribution in [0, 0.1) is 35.3 Å². The molecule has 180 valence electrons. The molecule has 2 aromatic rings. The molecule has 2 saturated carbocycles. The fraction of sp³-hybridized carbons (Fsp3) is 0.484. The zero-order valence-corrected chi connectivity index (χ0v) is 20.5. The monoisotopic (exact) mass is 462 g/mol. The minimum atomic E-state index is -0.349. The number of halogens is 2. The van der Waals surface area contributed by atoms with E-state index in [1.165, 1.54) is 25.3 Å². The van der Waals surface area contributed by atoms with Crippen molar-refractivity contribution in [1.82, 2.24) is 0 Å². The standard InChI is InChI=1S/C31H36F2O/c1-3-5-6-7-22-8-9-23(30(32)18-22)10-11-24-12-13-28(21-31(24)33)25-14-15-27-20-29(34-4-2)17-16-26(27)19-25/h3,5,8-9,12-13,18,21,25-27,29H,4,6-7,14-17,19-20H2,1-2H3/b5-3+. The van der Waals surface area contributed by atoms with Crippen molar-refractivity contribution < 1.29 is 13.5 Å². The Morgan fingerprint density at radius 3 is 2.32 bits per heavy atom. The van der Waals surface area contributed by atoms with Gasteiger partial charge in [-0.1, -0.05) is 36.1 Å². The van der Waals surface area contributed by atoms with Gasteiger partial charge in [-0.2, -0.15) is 0 Å². The molecule has 4 unspecified atom stereocenters. The molecule has 0 heterocycles. The Morgan fingerprint density at radius 1 is 0.912 bits per heavy atom. The Bertz CT molecular complexity index is 1060. The second-order valence-electron chi connectivity index (χ2n) is 9.83. The van der Waals surface area contributed by atoms with Crippen molar-refractivity contribution in [1.29, 1.82) is 0 Å². The summed E-state index contributed by atoms with van der Waals surface area (Å²) in [5.41, 5.74) is 2.65. The molecule has 0 bridgehead atoms. The molecule has 34 heavy (non-hydrogen) atoms. The maximum Gasteiger partial charge on any atom is 0.139 e. The molecule has 1 nitrogen and oxygen atoms in total. The molecule has 2 aliphatic rings. The molecule has 4 atom stereocenters. The van der Waals surface area contributed by atoms with E-state index in [0.29, 0.717) is 23.1 Å². The van der Waals surface area contributed by atoms with E-state index in [1.807, 2.05) is 25.1 Å². The van der Waals surface area contributed by atoms with Gasteiger partial charge in [0.15, 0.2) is 0 Å². The molecule has 0 radical (unpaired) electrons. The predicted octanol–water partition coefficient (Wildman–Crippen LogP) is 7.96. The van der Waals surface area contributed by atoms with Gasteiger partial charge in [0.2, 0.25) is 0 Å². The van der Waals surface area contributed by atoms with E-state index in [0.717, 1.165) is 61.7 Å². The fourth-order valence-corrected chi connectivity index (χ4v) is 5.79. The van der Waals surface area contributed by atoms with Crippen LogP contribution in [0.3, 0.4) is 0 Å². The molecule has 0 saturated heterocycles. The molecule has 0 N–H and O–H groups in total. The van der Waals surface area contributed by atoms with Gasteiger partial charge >= 0.3 is 0 Å². The maximum atomic E-state index is 14.9. The second-order valence-corrected chi connectivity index (χ2v) is 9.83. The van der Waals surface area contributed by atoms with E-state index < -0.39 is 0 Å². The lowest BCUT2D eigenvalue weighted by atomic mass is 9.65. The Hall–Kier alpha value is -2.44. The molecule has 3 heteroatoms. The Balaban J connectivity index is 1.40. The molecule has 2 aliphatic carbocycles. The molecular formula is C31H36F2O. The lowest BCUT2D eigenvalue weighted by Gasteiger charge is -2.42. The zero-order valence-electron chi connectivity index (χ0n) is 20.5. The molecule has 0 amide bonds. The van der Waals surface area contributed by atoms with Gasteiger partial charge in [0.1, 0.15) is 11.6 Å². The molecular weight excluding hydrogens is 426 g/mol. The molecule has 4 rings (SSSR count). The third kappa shape index (κ3) is 6.16. The van der Waals surface area contributed by atoms with Crippen LogP contribution in [0.25, 0.3) is 0 Å². The topological polar surface area (TPSA) is 9.23 Å². The summed E-state index contributed by atoms with van der Waals surface area (Å²) >= 11 is 0. The zero-order chi connectivity index (χ0) is 23.9. The second kappa shape index (κ2) is 11.8. The summed E-state index contributed by atoms with van der Waals surface area (Å²) in [4.78, 5) is 0. The van der Waals surface area contributed by atoms with Crippen molar-refractivity contribution in [2.24, 2.45) is 11.8 Å². The first-order valence-electron chi connectivity index (χ1n) is 12.9. The molecule has 2 fully saturated rings. The maximum absolute atomic E-state index is 14.9. The van der Waals surface area contributed by atoms with Gasteiger partial charge < -0.3 is 4.74 Å². The van der Waals surface area contributed by atoms with Crippen LogP contribution in [0.2, 0.25) is 0 Å². The van der Waals surface area contributed by atoms with E-state index in [-0.39, 0.29) is 11.6 Å². The largest absolute Gasteiger partial charge is 0.378 e. The van der Waals surface area contributed by atoms with Crippen LogP contribution in [-0.2, 0) is 11.2 Å². The molecule has 0 aromatic heterocycles. The highest BCUT2D eigenvalue weighted by atomic mass is 19.1. The summed E-state index contributed by atoms with van der Waals surface area (Å²) in [5.74, 6) is 6.90. The van der Waals surface area contributed by atoms with Crippen LogP contribution in [0.15, 0.2) is 48.6 Å². The van der Waals surface area contributed by atoms with Gasteiger partial charge in [-0.25, -0.2) is 8.78 Å². The minimum Gasteiger partial charge on any atom is -0.378 e. The van der Waals surface area contributed by atoms with Gasteiger partial charge in [-0.15, -0.1) is 0 Å². The quantitative estimate of drug-likeness (QED) is 0.312. The average molecular weight is 463 g/mol. The SMILES string of the molecule is C/C=C/CCc1ccc(C#Cc2ccc(C3CCC4CC(OCC)CCC4C3)cc2F)c(F)c1. The van der Waals surface area contributed by atoms with Gasteiger partial charge in [-0.05, 0) is 118 Å². The van der Waals surface area contributed by atoms with Crippen LogP contribution in [-0.4, -0.2) is 12.7 Å². The molecule has 2 aromatic carbocycles. The lowest BCUT2D eigenvalue weighted by molar-refractivity contribution is -0.00956. The van der Waals surface area contributed by atoms with Crippen LogP contribution in [0.1, 0.15) is 87.0 Å². The number of fused-ring (bicyclic) bond motifs is 1. The number of ether oxygens (including phenoxy) is 1. The first kappa shape index (κ1) is 24.7. The third-order valence-electron chi connectivity index (χ3n) is 7.63. The van der Waals surface area contributed by atoms with Crippen LogP contribution in [0.4, 0.5) is 8.78 Å². The number of benzene rings is 2. The fourth-order valence-electron chi connectivity index (χ4n) is 5.79. The average Bonchev–Trinajstić information content (AvgIpc) is 2.84. The van der Waals surface area contributed by atoms with E-state index in [1.54, 1.807) is 18.2 Å². The Morgan fingerprint density at radius 2 is 1.62 bits per heavy atom. The summed E-state index contributed by atoms with van der Waals surface area (Å²) in [6.45, 7) is 4.85. The highest BCUT2D eigenvalue weighted by molar-refractivity contribution is 5.45. The highest BCUT2D eigenvalue weighted by Crippen LogP contribution is 2.46. The van der Waals surface area contributed by atoms with Crippen molar-refractivity contribution in [3.63, 3.8) is 0 Å². The van der Waals surface area contributed by atoms with E-state index in [2.05, 4.69) is 24.8 Å². The van der Waals surface area contributed by atoms with Crippen LogP contribution < -0.4 is 0 Å². The van der Waals surface area contributed by atoms with Gasteiger partial charge in [0.05, 0.1) is 17.2 Å². The lowest BCUT2D eigenvalue weighted by Crippen LogP contribution is -2.33. The van der Waals surface area contributed by atoms with Crippen LogP contribution in [0.5, 0.6) is 0 Å². The summed E-state index contributed by atoms with van der Waals surface area (Å²) in [5, 5.41) is 0. The number of rotatable bonds is 6. The number of allylic oxidation sites excluding steroid dienone is 2. The molecule has 0 aliphatic heterocycles. The summed E-state index contributed by atoms with van der Waals surface area (Å²) in [6, 6.07) is 10.6. The predicted molar refractivity (Wildman–Crippen MR) is 135 cm³/mol. The van der Waals surface area contributed by atoms with Crippen molar-refractivity contribution >= 4 is 0 Å². The highest BCUT2D eigenvalue weighted by Gasteiger charge is 2.36. The smallest absolute Gasteiger partial charge is 0.139 e. The van der Waals surface area contributed by atoms with Crippen molar-refractivity contribution in [2.75, 3.05) is 6.61 Å². The third-order valence-corrected chi connectivity index (χ3v) is 7.63. The summed E-state index contributed by atoms with van der Waals surface area (Å²) in [6.07, 6.45) is 13.2. The first-order valence-corrected chi connectivity index (χ1v) is 12.9. The molecule has 0 spiro atoms. The number of hydrogen-bond donors (Lipinski definition) is 0. The number of aryl methyl sites for hydroxylation is 1. The van der Waals surface area contributed by atoms with Gasteiger partial charge in [0.25, 0.3) is 0 Å². The van der Waals surface area contributed by atoms with Crippen molar-refractivity contribution in [2.45, 2.75) is 77.2 Å². The van der Waals surface area contributed by atoms with Crippen molar-refractivity contribution in [3.8, 4) is 11.8 Å². The van der Waals surface area contributed by atoms with Crippen molar-refractivity contribution in [3.05, 3.63) is 82.4 Å². The Labute approximate surface area is 203 Å². The van der Waals surface area contributed by atoms with Gasteiger partial charge in [-0.3, -0.25) is 0 Å². The Kier molecular flexibility index (Phi) is 8.57. The summed E-state index contributed by atoms with van der Waals surface area (Å²) < 4.78 is 35.2. The van der Waals surface area contributed by atoms with E-state index in [4.69, 9.17) is 4.74 Å².